The van der Waals surface area contributed by atoms with Gasteiger partial charge in [-0.3, -0.25) is 4.90 Å². The summed E-state index contributed by atoms with van der Waals surface area (Å²) in [6, 6.07) is 18.3. The maximum Gasteiger partial charge on any atom is 0.161 e. The molecule has 1 atom stereocenters. The van der Waals surface area contributed by atoms with Crippen molar-refractivity contribution >= 4 is 17.4 Å². The SMILES string of the molecule is Cc1nc(-c2ccccc2)nc(N2CCN(C[C@H](O)CN3CCCCC3)CC2)c1Cc1ccc(Cl)cc1. The van der Waals surface area contributed by atoms with E-state index >= 15 is 0 Å². The van der Waals surface area contributed by atoms with Gasteiger partial charge < -0.3 is 14.9 Å². The third-order valence-corrected chi connectivity index (χ3v) is 7.83. The van der Waals surface area contributed by atoms with Crippen molar-refractivity contribution in [3.8, 4) is 11.4 Å². The smallest absolute Gasteiger partial charge is 0.161 e. The van der Waals surface area contributed by atoms with E-state index in [4.69, 9.17) is 21.6 Å². The lowest BCUT2D eigenvalue weighted by molar-refractivity contribution is 0.0651. The second-order valence-corrected chi connectivity index (χ2v) is 10.8. The number of halogens is 1. The van der Waals surface area contributed by atoms with E-state index in [-0.39, 0.29) is 6.10 Å². The first-order chi connectivity index (χ1) is 18.0. The minimum atomic E-state index is -0.295. The Kier molecular flexibility index (Phi) is 8.72. The molecule has 0 bridgehead atoms. The standard InChI is InChI=1S/C30H38ClN5O/c1-23-28(20-24-10-12-26(31)13-11-24)30(33-29(32-23)25-8-4-2-5-9-25)36-18-16-35(17-19-36)22-27(37)21-34-14-6-3-7-15-34/h2,4-5,8-13,27,37H,3,6-7,14-22H2,1H3/t27-/m1/s1. The predicted molar refractivity (Wildman–Crippen MR) is 151 cm³/mol. The highest BCUT2D eigenvalue weighted by Crippen LogP contribution is 2.28. The van der Waals surface area contributed by atoms with Crippen molar-refractivity contribution in [2.75, 3.05) is 57.3 Å². The van der Waals surface area contributed by atoms with Crippen LogP contribution in [0.1, 0.15) is 36.1 Å². The topological polar surface area (TPSA) is 55.7 Å². The van der Waals surface area contributed by atoms with Gasteiger partial charge in [-0.2, -0.15) is 0 Å². The van der Waals surface area contributed by atoms with E-state index in [0.717, 1.165) is 86.7 Å². The average molecular weight is 520 g/mol. The van der Waals surface area contributed by atoms with Crippen LogP contribution in [0.5, 0.6) is 0 Å². The fraction of sp³-hybridized carbons (Fsp3) is 0.467. The van der Waals surface area contributed by atoms with Crippen LogP contribution in [0.15, 0.2) is 54.6 Å². The Balaban J connectivity index is 1.31. The minimum Gasteiger partial charge on any atom is -0.390 e. The van der Waals surface area contributed by atoms with Crippen LogP contribution < -0.4 is 4.90 Å². The van der Waals surface area contributed by atoms with Crippen LogP contribution in [0, 0.1) is 6.92 Å². The third kappa shape index (κ3) is 6.88. The lowest BCUT2D eigenvalue weighted by Gasteiger charge is -2.38. The Labute approximate surface area is 225 Å². The molecule has 0 aliphatic carbocycles. The van der Waals surface area contributed by atoms with Gasteiger partial charge in [0, 0.05) is 67.5 Å². The molecule has 2 saturated heterocycles. The quantitative estimate of drug-likeness (QED) is 0.467. The Bertz CT molecular complexity index is 1140. The molecule has 0 radical (unpaired) electrons. The number of hydrogen-bond acceptors (Lipinski definition) is 6. The summed E-state index contributed by atoms with van der Waals surface area (Å²) >= 11 is 6.13. The molecular weight excluding hydrogens is 482 g/mol. The van der Waals surface area contributed by atoms with Crippen molar-refractivity contribution in [1.82, 2.24) is 19.8 Å². The summed E-state index contributed by atoms with van der Waals surface area (Å²) in [7, 11) is 0. The van der Waals surface area contributed by atoms with Crippen molar-refractivity contribution in [3.05, 3.63) is 76.4 Å². The van der Waals surface area contributed by atoms with Crippen LogP contribution in [0.25, 0.3) is 11.4 Å². The number of aliphatic hydroxyl groups is 1. The molecule has 3 aromatic rings. The van der Waals surface area contributed by atoms with E-state index in [9.17, 15) is 5.11 Å². The molecule has 2 fully saturated rings. The summed E-state index contributed by atoms with van der Waals surface area (Å²) < 4.78 is 0. The molecule has 196 valence electrons. The number of likely N-dealkylation sites (tertiary alicyclic amines) is 1. The number of β-amino-alcohol motifs (C(OH)–C–C–N with tert-alkyl or cyclic N) is 1. The van der Waals surface area contributed by atoms with E-state index in [0.29, 0.717) is 0 Å². The molecule has 0 saturated carbocycles. The lowest BCUT2D eigenvalue weighted by Crippen LogP contribution is -2.50. The van der Waals surface area contributed by atoms with Gasteiger partial charge in [-0.05, 0) is 50.6 Å². The Morgan fingerprint density at radius 3 is 2.14 bits per heavy atom. The zero-order valence-electron chi connectivity index (χ0n) is 21.8. The number of piperidine rings is 1. The fourth-order valence-electron chi connectivity index (χ4n) is 5.51. The number of aromatic nitrogens is 2. The molecule has 2 aromatic carbocycles. The summed E-state index contributed by atoms with van der Waals surface area (Å²) in [5.41, 5.74) is 4.41. The number of aryl methyl sites for hydroxylation is 1. The molecule has 37 heavy (non-hydrogen) atoms. The maximum atomic E-state index is 10.7. The van der Waals surface area contributed by atoms with Gasteiger partial charge in [0.25, 0.3) is 0 Å². The van der Waals surface area contributed by atoms with Crippen LogP contribution in [0.4, 0.5) is 5.82 Å². The Morgan fingerprint density at radius 2 is 1.46 bits per heavy atom. The number of piperazine rings is 1. The first-order valence-electron chi connectivity index (χ1n) is 13.6. The second-order valence-electron chi connectivity index (χ2n) is 10.4. The molecule has 2 aliphatic rings. The summed E-state index contributed by atoms with van der Waals surface area (Å²) in [6.45, 7) is 9.47. The molecule has 1 aromatic heterocycles. The van der Waals surface area contributed by atoms with E-state index in [1.54, 1.807) is 0 Å². The maximum absolute atomic E-state index is 10.7. The van der Waals surface area contributed by atoms with Gasteiger partial charge in [-0.15, -0.1) is 0 Å². The summed E-state index contributed by atoms with van der Waals surface area (Å²) in [6.07, 6.45) is 4.31. The van der Waals surface area contributed by atoms with E-state index in [1.165, 1.54) is 30.4 Å². The summed E-state index contributed by atoms with van der Waals surface area (Å²) in [5.74, 6) is 1.79. The second kappa shape index (κ2) is 12.4. The summed E-state index contributed by atoms with van der Waals surface area (Å²) in [4.78, 5) is 17.2. The molecule has 0 spiro atoms. The fourth-order valence-corrected chi connectivity index (χ4v) is 5.64. The summed E-state index contributed by atoms with van der Waals surface area (Å²) in [5, 5.41) is 11.5. The monoisotopic (exact) mass is 519 g/mol. The number of anilines is 1. The van der Waals surface area contributed by atoms with E-state index in [1.807, 2.05) is 30.3 Å². The van der Waals surface area contributed by atoms with Crippen LogP contribution in [-0.4, -0.2) is 83.3 Å². The first kappa shape index (κ1) is 26.1. The highest BCUT2D eigenvalue weighted by atomic mass is 35.5. The van der Waals surface area contributed by atoms with Crippen LogP contribution >= 0.6 is 11.6 Å². The Hall–Kier alpha value is -2.51. The van der Waals surface area contributed by atoms with Gasteiger partial charge in [0.05, 0.1) is 6.10 Å². The van der Waals surface area contributed by atoms with Gasteiger partial charge >= 0.3 is 0 Å². The number of nitrogens with zero attached hydrogens (tertiary/aromatic N) is 5. The van der Waals surface area contributed by atoms with Gasteiger partial charge in [-0.25, -0.2) is 9.97 Å². The average Bonchev–Trinajstić information content (AvgIpc) is 2.92. The first-order valence-corrected chi connectivity index (χ1v) is 14.0. The molecular formula is C30H38ClN5O. The van der Waals surface area contributed by atoms with Crippen molar-refractivity contribution in [2.24, 2.45) is 0 Å². The molecule has 1 N–H and O–H groups in total. The van der Waals surface area contributed by atoms with Gasteiger partial charge in [0.15, 0.2) is 5.82 Å². The van der Waals surface area contributed by atoms with Crippen molar-refractivity contribution in [3.63, 3.8) is 0 Å². The van der Waals surface area contributed by atoms with Crippen molar-refractivity contribution in [2.45, 2.75) is 38.7 Å². The number of benzene rings is 2. The molecule has 2 aliphatic heterocycles. The molecule has 7 heteroatoms. The van der Waals surface area contributed by atoms with Crippen LogP contribution in [0.3, 0.4) is 0 Å². The number of aliphatic hydroxyl groups excluding tert-OH is 1. The molecule has 3 heterocycles. The third-order valence-electron chi connectivity index (χ3n) is 7.58. The van der Waals surface area contributed by atoms with Crippen LogP contribution in [-0.2, 0) is 6.42 Å². The largest absolute Gasteiger partial charge is 0.390 e. The van der Waals surface area contributed by atoms with Crippen molar-refractivity contribution in [1.29, 1.82) is 0 Å². The van der Waals surface area contributed by atoms with E-state index < -0.39 is 0 Å². The van der Waals surface area contributed by atoms with Crippen molar-refractivity contribution < 1.29 is 5.11 Å². The lowest BCUT2D eigenvalue weighted by atomic mass is 10.0. The van der Waals surface area contributed by atoms with Crippen LogP contribution in [0.2, 0.25) is 5.02 Å². The highest BCUT2D eigenvalue weighted by Gasteiger charge is 2.25. The minimum absolute atomic E-state index is 0.295. The number of hydrogen-bond donors (Lipinski definition) is 1. The zero-order valence-corrected chi connectivity index (χ0v) is 22.6. The molecule has 6 nitrogen and oxygen atoms in total. The molecule has 5 rings (SSSR count). The predicted octanol–water partition coefficient (Wildman–Crippen LogP) is 4.67. The van der Waals surface area contributed by atoms with Gasteiger partial charge in [0.1, 0.15) is 5.82 Å². The van der Waals surface area contributed by atoms with E-state index in [2.05, 4.69) is 45.9 Å². The Morgan fingerprint density at radius 1 is 0.811 bits per heavy atom. The molecule has 0 unspecified atom stereocenters. The highest BCUT2D eigenvalue weighted by molar-refractivity contribution is 6.30. The number of rotatable bonds is 8. The van der Waals surface area contributed by atoms with Gasteiger partial charge in [-0.1, -0.05) is 60.5 Å². The molecule has 0 amide bonds. The van der Waals surface area contributed by atoms with Gasteiger partial charge in [0.2, 0.25) is 0 Å². The normalized spacial score (nSPS) is 18.2. The zero-order chi connectivity index (χ0) is 25.6.